The van der Waals surface area contributed by atoms with Crippen LogP contribution in [-0.2, 0) is 0 Å². The molecule has 1 aliphatic carbocycles. The van der Waals surface area contributed by atoms with Crippen LogP contribution in [0.2, 0.25) is 0 Å². The molecule has 0 radical (unpaired) electrons. The minimum Gasteiger partial charge on any atom is -0.394 e. The van der Waals surface area contributed by atoms with Crippen molar-refractivity contribution < 1.29 is 9.90 Å². The van der Waals surface area contributed by atoms with Gasteiger partial charge in [0.05, 0.1) is 17.7 Å². The normalized spacial score (nSPS) is 16.4. The molecule has 0 unspecified atom stereocenters. The summed E-state index contributed by atoms with van der Waals surface area (Å²) >= 11 is 0. The summed E-state index contributed by atoms with van der Waals surface area (Å²) in [6.45, 7) is -0.0246. The van der Waals surface area contributed by atoms with E-state index in [9.17, 15) is 9.90 Å². The molecule has 0 atom stereocenters. The van der Waals surface area contributed by atoms with Gasteiger partial charge in [-0.25, -0.2) is 14.6 Å². The van der Waals surface area contributed by atoms with Gasteiger partial charge in [-0.2, -0.15) is 5.10 Å². The Morgan fingerprint density at radius 3 is 2.80 bits per heavy atom. The average Bonchev–Trinajstić information content (AvgIpc) is 2.97. The van der Waals surface area contributed by atoms with Crippen LogP contribution >= 0.6 is 0 Å². The molecule has 2 heterocycles. The van der Waals surface area contributed by atoms with Crippen LogP contribution < -0.4 is 5.32 Å². The molecular formula is C13H15N5O2. The standard InChI is InChI=1S/C13H15N5O2/c19-7-13(4-1-5-13)17-12(20)10-2-3-11(15-6-10)18-9-14-8-16-18/h2-3,6,8-9,19H,1,4-5,7H2,(H,17,20). The molecule has 3 rings (SSSR count). The minimum atomic E-state index is -0.443. The predicted octanol–water partition coefficient (Wildman–Crippen LogP) is 0.307. The zero-order chi connectivity index (χ0) is 14.0. The van der Waals surface area contributed by atoms with Crippen molar-refractivity contribution in [3.05, 3.63) is 36.5 Å². The molecule has 0 bridgehead atoms. The van der Waals surface area contributed by atoms with Gasteiger partial charge in [0, 0.05) is 6.20 Å². The molecule has 1 saturated carbocycles. The third-order valence-electron chi connectivity index (χ3n) is 3.66. The van der Waals surface area contributed by atoms with Crippen molar-refractivity contribution in [1.82, 2.24) is 25.1 Å². The highest BCUT2D eigenvalue weighted by atomic mass is 16.3. The van der Waals surface area contributed by atoms with Gasteiger partial charge in [-0.1, -0.05) is 0 Å². The number of aromatic nitrogens is 4. The van der Waals surface area contributed by atoms with Crippen LogP contribution in [0, 0.1) is 0 Å². The van der Waals surface area contributed by atoms with Crippen LogP contribution in [0.25, 0.3) is 5.82 Å². The average molecular weight is 273 g/mol. The molecular weight excluding hydrogens is 258 g/mol. The Kier molecular flexibility index (Phi) is 3.19. The first-order chi connectivity index (χ1) is 9.72. The number of carbonyl (C=O) groups is 1. The molecule has 1 amide bonds. The number of pyridine rings is 1. The number of nitrogens with zero attached hydrogens (tertiary/aromatic N) is 4. The van der Waals surface area contributed by atoms with E-state index >= 15 is 0 Å². The van der Waals surface area contributed by atoms with Crippen molar-refractivity contribution in [2.24, 2.45) is 0 Å². The summed E-state index contributed by atoms with van der Waals surface area (Å²) in [6.07, 6.45) is 7.13. The summed E-state index contributed by atoms with van der Waals surface area (Å²) in [4.78, 5) is 20.1. The van der Waals surface area contributed by atoms with Crippen LogP contribution in [0.15, 0.2) is 31.0 Å². The van der Waals surface area contributed by atoms with Crippen molar-refractivity contribution in [2.45, 2.75) is 24.8 Å². The maximum atomic E-state index is 12.1. The van der Waals surface area contributed by atoms with Gasteiger partial charge in [-0.05, 0) is 31.4 Å². The van der Waals surface area contributed by atoms with E-state index in [1.165, 1.54) is 23.5 Å². The molecule has 0 aliphatic heterocycles. The molecule has 2 aromatic heterocycles. The number of aliphatic hydroxyl groups is 1. The van der Waals surface area contributed by atoms with E-state index in [1.807, 2.05) is 0 Å². The third kappa shape index (κ3) is 2.27. The van der Waals surface area contributed by atoms with Crippen LogP contribution in [-0.4, -0.2) is 42.9 Å². The lowest BCUT2D eigenvalue weighted by Gasteiger charge is -2.40. The molecule has 1 aliphatic rings. The number of hydrogen-bond donors (Lipinski definition) is 2. The van der Waals surface area contributed by atoms with E-state index in [0.717, 1.165) is 19.3 Å². The Balaban J connectivity index is 1.73. The lowest BCUT2D eigenvalue weighted by molar-refractivity contribution is 0.0641. The van der Waals surface area contributed by atoms with Gasteiger partial charge in [-0.15, -0.1) is 0 Å². The quantitative estimate of drug-likeness (QED) is 0.836. The smallest absolute Gasteiger partial charge is 0.253 e. The van der Waals surface area contributed by atoms with Gasteiger partial charge in [0.15, 0.2) is 5.82 Å². The highest BCUT2D eigenvalue weighted by molar-refractivity contribution is 5.94. The first kappa shape index (κ1) is 12.7. The summed E-state index contributed by atoms with van der Waals surface area (Å²) in [6, 6.07) is 3.39. The first-order valence-electron chi connectivity index (χ1n) is 6.47. The number of hydrogen-bond acceptors (Lipinski definition) is 5. The fraction of sp³-hybridized carbons (Fsp3) is 0.385. The lowest BCUT2D eigenvalue weighted by atomic mass is 9.77. The van der Waals surface area contributed by atoms with Crippen molar-refractivity contribution in [3.63, 3.8) is 0 Å². The van der Waals surface area contributed by atoms with E-state index in [0.29, 0.717) is 11.4 Å². The van der Waals surface area contributed by atoms with Gasteiger partial charge in [-0.3, -0.25) is 4.79 Å². The second kappa shape index (κ2) is 5.01. The van der Waals surface area contributed by atoms with Crippen LogP contribution in [0.1, 0.15) is 29.6 Å². The fourth-order valence-electron chi connectivity index (χ4n) is 2.22. The molecule has 7 heteroatoms. The van der Waals surface area contributed by atoms with E-state index in [2.05, 4.69) is 20.4 Å². The van der Waals surface area contributed by atoms with E-state index in [4.69, 9.17) is 0 Å². The zero-order valence-electron chi connectivity index (χ0n) is 10.9. The van der Waals surface area contributed by atoms with Gasteiger partial charge in [0.2, 0.25) is 0 Å². The van der Waals surface area contributed by atoms with Crippen molar-refractivity contribution in [1.29, 1.82) is 0 Å². The van der Waals surface area contributed by atoms with Crippen LogP contribution in [0.4, 0.5) is 0 Å². The molecule has 104 valence electrons. The molecule has 2 aromatic rings. The monoisotopic (exact) mass is 273 g/mol. The van der Waals surface area contributed by atoms with Gasteiger partial charge in [0.1, 0.15) is 12.7 Å². The van der Waals surface area contributed by atoms with Gasteiger partial charge < -0.3 is 10.4 Å². The minimum absolute atomic E-state index is 0.0246. The largest absolute Gasteiger partial charge is 0.394 e. The van der Waals surface area contributed by atoms with Gasteiger partial charge in [0.25, 0.3) is 5.91 Å². The topological polar surface area (TPSA) is 92.9 Å². The molecule has 0 spiro atoms. The lowest BCUT2D eigenvalue weighted by Crippen LogP contribution is -2.56. The second-order valence-electron chi connectivity index (χ2n) is 4.99. The summed E-state index contributed by atoms with van der Waals surface area (Å²) < 4.78 is 1.52. The number of amides is 1. The number of rotatable bonds is 4. The third-order valence-corrected chi connectivity index (χ3v) is 3.66. The van der Waals surface area contributed by atoms with Crippen molar-refractivity contribution >= 4 is 5.91 Å². The Morgan fingerprint density at radius 1 is 1.45 bits per heavy atom. The Morgan fingerprint density at radius 2 is 2.30 bits per heavy atom. The Bertz CT molecular complexity index is 584. The van der Waals surface area contributed by atoms with Gasteiger partial charge >= 0.3 is 0 Å². The van der Waals surface area contributed by atoms with E-state index in [-0.39, 0.29) is 12.5 Å². The summed E-state index contributed by atoms with van der Waals surface area (Å²) in [5, 5.41) is 16.2. The van der Waals surface area contributed by atoms with E-state index < -0.39 is 5.54 Å². The SMILES string of the molecule is O=C(NC1(CO)CCC1)c1ccc(-n2cncn2)nc1. The molecule has 1 fully saturated rings. The number of aliphatic hydroxyl groups excluding tert-OH is 1. The maximum absolute atomic E-state index is 12.1. The fourth-order valence-corrected chi connectivity index (χ4v) is 2.22. The van der Waals surface area contributed by atoms with E-state index in [1.54, 1.807) is 12.1 Å². The van der Waals surface area contributed by atoms with Crippen molar-refractivity contribution in [3.8, 4) is 5.82 Å². The number of nitrogens with one attached hydrogen (secondary N) is 1. The summed E-state index contributed by atoms with van der Waals surface area (Å²) in [5.74, 6) is 0.385. The van der Waals surface area contributed by atoms with Crippen molar-refractivity contribution in [2.75, 3.05) is 6.61 Å². The predicted molar refractivity (Wildman–Crippen MR) is 70.3 cm³/mol. The first-order valence-corrected chi connectivity index (χ1v) is 6.47. The summed E-state index contributed by atoms with van der Waals surface area (Å²) in [5.41, 5.74) is 0.0235. The molecule has 0 saturated heterocycles. The maximum Gasteiger partial charge on any atom is 0.253 e. The highest BCUT2D eigenvalue weighted by Gasteiger charge is 2.37. The second-order valence-corrected chi connectivity index (χ2v) is 4.99. The molecule has 7 nitrogen and oxygen atoms in total. The van der Waals surface area contributed by atoms with Crippen LogP contribution in [0.3, 0.4) is 0 Å². The highest BCUT2D eigenvalue weighted by Crippen LogP contribution is 2.31. The molecule has 0 aromatic carbocycles. The molecule has 2 N–H and O–H groups in total. The summed E-state index contributed by atoms with van der Waals surface area (Å²) in [7, 11) is 0. The van der Waals surface area contributed by atoms with Crippen LogP contribution in [0.5, 0.6) is 0 Å². The Hall–Kier alpha value is -2.28. The molecule has 20 heavy (non-hydrogen) atoms. The Labute approximate surface area is 115 Å². The zero-order valence-corrected chi connectivity index (χ0v) is 10.9. The number of carbonyl (C=O) groups excluding carboxylic acids is 1.